The van der Waals surface area contributed by atoms with Crippen LogP contribution in [-0.2, 0) is 0 Å². The third-order valence-corrected chi connectivity index (χ3v) is 5.74. The Labute approximate surface area is 177 Å². The number of rotatable bonds is 5. The van der Waals surface area contributed by atoms with Crippen LogP contribution in [0.4, 0.5) is 20.2 Å². The Kier molecular flexibility index (Phi) is 5.40. The van der Waals surface area contributed by atoms with Gasteiger partial charge < -0.3 is 15.6 Å². The lowest BCUT2D eigenvalue weighted by Crippen LogP contribution is -2.24. The predicted molar refractivity (Wildman–Crippen MR) is 115 cm³/mol. The number of hydrogen-bond acceptors (Lipinski definition) is 3. The summed E-state index contributed by atoms with van der Waals surface area (Å²) >= 11 is 12.5. The minimum atomic E-state index is -2.57. The van der Waals surface area contributed by atoms with Crippen molar-refractivity contribution in [3.63, 3.8) is 0 Å². The first-order chi connectivity index (χ1) is 13.8. The van der Waals surface area contributed by atoms with E-state index < -0.39 is 5.92 Å². The molecule has 1 aliphatic carbocycles. The highest BCUT2D eigenvalue weighted by Crippen LogP contribution is 2.42. The summed E-state index contributed by atoms with van der Waals surface area (Å²) < 4.78 is 26.8. The van der Waals surface area contributed by atoms with Gasteiger partial charge in [0.1, 0.15) is 5.82 Å². The highest BCUT2D eigenvalue weighted by molar-refractivity contribution is 6.31. The van der Waals surface area contributed by atoms with Crippen molar-refractivity contribution < 1.29 is 8.78 Å². The van der Waals surface area contributed by atoms with E-state index in [1.165, 1.54) is 0 Å². The monoisotopic (exact) mass is 436 g/mol. The van der Waals surface area contributed by atoms with Gasteiger partial charge in [-0.15, -0.1) is 0 Å². The minimum absolute atomic E-state index is 0.0338. The molecule has 0 unspecified atom stereocenters. The van der Waals surface area contributed by atoms with Gasteiger partial charge in [-0.25, -0.2) is 8.78 Å². The van der Waals surface area contributed by atoms with Crippen LogP contribution in [0.1, 0.15) is 37.3 Å². The lowest BCUT2D eigenvalue weighted by Gasteiger charge is -2.28. The zero-order valence-electron chi connectivity index (χ0n) is 15.5. The molecule has 2 aromatic heterocycles. The third kappa shape index (κ3) is 4.49. The summed E-state index contributed by atoms with van der Waals surface area (Å²) in [4.78, 5) is 7.60. The molecule has 0 radical (unpaired) electrons. The first-order valence-corrected chi connectivity index (χ1v) is 10.1. The maximum atomic E-state index is 13.4. The van der Waals surface area contributed by atoms with Crippen LogP contribution in [0.5, 0.6) is 0 Å². The molecule has 0 bridgehead atoms. The Balaban J connectivity index is 1.43. The summed E-state index contributed by atoms with van der Waals surface area (Å²) in [7, 11) is 0. The molecule has 3 N–H and O–H groups in total. The van der Waals surface area contributed by atoms with Gasteiger partial charge in [-0.1, -0.05) is 29.8 Å². The quantitative estimate of drug-likeness (QED) is 0.397. The molecule has 29 heavy (non-hydrogen) atoms. The fraction of sp³-hybridized carbons (Fsp3) is 0.286. The molecule has 4 rings (SSSR count). The van der Waals surface area contributed by atoms with Crippen molar-refractivity contribution in [2.75, 3.05) is 10.6 Å². The normalized spacial score (nSPS) is 16.7. The van der Waals surface area contributed by atoms with Gasteiger partial charge in [0.05, 0.1) is 28.3 Å². The summed E-state index contributed by atoms with van der Waals surface area (Å²) in [6.45, 7) is 3.99. The van der Waals surface area contributed by atoms with Crippen LogP contribution >= 0.6 is 23.2 Å². The molecule has 1 aromatic carbocycles. The Morgan fingerprint density at radius 1 is 1.17 bits per heavy atom. The largest absolute Gasteiger partial charge is 0.359 e. The second-order valence-corrected chi connectivity index (χ2v) is 8.19. The number of anilines is 2. The first-order valence-electron chi connectivity index (χ1n) is 9.33. The third-order valence-electron chi connectivity index (χ3n) is 5.20. The Bertz CT molecular complexity index is 1050. The van der Waals surface area contributed by atoms with Gasteiger partial charge in [0.15, 0.2) is 0 Å². The highest BCUT2D eigenvalue weighted by atomic mass is 35.5. The molecule has 1 fully saturated rings. The van der Waals surface area contributed by atoms with E-state index >= 15 is 0 Å². The van der Waals surface area contributed by atoms with E-state index in [0.29, 0.717) is 40.1 Å². The smallest absolute Gasteiger partial charge is 0.248 e. The molecule has 3 aromatic rings. The number of H-pyrrole nitrogens is 1. The molecule has 0 spiro atoms. The molecule has 2 heterocycles. The average molecular weight is 437 g/mol. The van der Waals surface area contributed by atoms with Crippen molar-refractivity contribution in [3.05, 3.63) is 64.8 Å². The Morgan fingerprint density at radius 2 is 1.93 bits per heavy atom. The molecule has 8 heteroatoms. The number of halogens is 4. The first kappa shape index (κ1) is 20.0. The van der Waals surface area contributed by atoms with Gasteiger partial charge in [-0.3, -0.25) is 4.98 Å². The van der Waals surface area contributed by atoms with Crippen LogP contribution in [0, 0.1) is 0 Å². The van der Waals surface area contributed by atoms with Gasteiger partial charge in [-0.05, 0) is 37.1 Å². The highest BCUT2D eigenvalue weighted by Gasteiger charge is 2.36. The number of aromatic nitrogens is 2. The Hall–Kier alpha value is -2.31. The standard InChI is InChI=1S/C21H20Cl2F2N4/c1-12(29-19-11-26-18-3-2-14(22)8-16(18)19)28-15-9-17(23)20(27-10-15)13-4-6-21(24,25)7-5-13/h2-3,8-11,13,26,28-29H,1,4-7H2. The average Bonchev–Trinajstić information content (AvgIpc) is 3.04. The SMILES string of the molecule is C=C(Nc1cnc(C2CCC(F)(F)CC2)c(Cl)c1)Nc1c[nH]c2ccc(Cl)cc12. The molecule has 0 atom stereocenters. The van der Waals surface area contributed by atoms with Gasteiger partial charge in [0.25, 0.3) is 0 Å². The molecule has 152 valence electrons. The molecule has 4 nitrogen and oxygen atoms in total. The van der Waals surface area contributed by atoms with Crippen molar-refractivity contribution in [1.29, 1.82) is 0 Å². The van der Waals surface area contributed by atoms with Gasteiger partial charge >= 0.3 is 0 Å². The second-order valence-electron chi connectivity index (χ2n) is 7.34. The van der Waals surface area contributed by atoms with Gasteiger partial charge in [0.2, 0.25) is 5.92 Å². The van der Waals surface area contributed by atoms with E-state index in [2.05, 4.69) is 27.2 Å². The van der Waals surface area contributed by atoms with Crippen LogP contribution in [0.25, 0.3) is 10.9 Å². The van der Waals surface area contributed by atoms with Gasteiger partial charge in [0, 0.05) is 40.9 Å². The number of aromatic amines is 1. The number of fused-ring (bicyclic) bond motifs is 1. The van der Waals surface area contributed by atoms with Crippen molar-refractivity contribution in [1.82, 2.24) is 9.97 Å². The van der Waals surface area contributed by atoms with E-state index in [1.54, 1.807) is 12.3 Å². The van der Waals surface area contributed by atoms with Crippen molar-refractivity contribution >= 4 is 45.5 Å². The number of nitrogens with one attached hydrogen (secondary N) is 3. The van der Waals surface area contributed by atoms with Crippen LogP contribution in [0.3, 0.4) is 0 Å². The Morgan fingerprint density at radius 3 is 2.66 bits per heavy atom. The fourth-order valence-electron chi connectivity index (χ4n) is 3.70. The second kappa shape index (κ2) is 7.84. The molecule has 0 saturated heterocycles. The maximum absolute atomic E-state index is 13.4. The van der Waals surface area contributed by atoms with E-state index in [4.69, 9.17) is 23.2 Å². The van der Waals surface area contributed by atoms with Crippen LogP contribution in [-0.4, -0.2) is 15.9 Å². The lowest BCUT2D eigenvalue weighted by atomic mass is 9.84. The molecule has 1 saturated carbocycles. The maximum Gasteiger partial charge on any atom is 0.248 e. The zero-order valence-corrected chi connectivity index (χ0v) is 17.0. The van der Waals surface area contributed by atoms with Crippen molar-refractivity contribution in [2.45, 2.75) is 37.5 Å². The zero-order chi connectivity index (χ0) is 20.6. The number of benzene rings is 1. The number of hydrogen-bond donors (Lipinski definition) is 3. The molecule has 0 aliphatic heterocycles. The summed E-state index contributed by atoms with van der Waals surface area (Å²) in [5.74, 6) is -2.07. The van der Waals surface area contributed by atoms with E-state index in [1.807, 2.05) is 24.4 Å². The summed E-state index contributed by atoms with van der Waals surface area (Å²) in [6.07, 6.45) is 4.03. The summed E-state index contributed by atoms with van der Waals surface area (Å²) in [6, 6.07) is 7.34. The van der Waals surface area contributed by atoms with Crippen molar-refractivity contribution in [2.24, 2.45) is 0 Å². The lowest BCUT2D eigenvalue weighted by molar-refractivity contribution is -0.0384. The molecule has 0 amide bonds. The van der Waals surface area contributed by atoms with Crippen molar-refractivity contribution in [3.8, 4) is 0 Å². The molecular weight excluding hydrogens is 417 g/mol. The van der Waals surface area contributed by atoms with Crippen LogP contribution in [0.2, 0.25) is 10.0 Å². The molecular formula is C21H20Cl2F2N4. The van der Waals surface area contributed by atoms with E-state index in [-0.39, 0.29) is 18.8 Å². The summed E-state index contributed by atoms with van der Waals surface area (Å²) in [5, 5.41) is 8.38. The molecule has 1 aliphatic rings. The summed E-state index contributed by atoms with van der Waals surface area (Å²) in [5.41, 5.74) is 3.13. The number of alkyl halides is 2. The number of pyridine rings is 1. The fourth-order valence-corrected chi connectivity index (χ4v) is 4.19. The number of nitrogens with zero attached hydrogens (tertiary/aromatic N) is 1. The predicted octanol–water partition coefficient (Wildman–Crippen LogP) is 7.16. The topological polar surface area (TPSA) is 52.7 Å². The van der Waals surface area contributed by atoms with E-state index in [0.717, 1.165) is 16.6 Å². The van der Waals surface area contributed by atoms with Crippen LogP contribution in [0.15, 0.2) is 49.1 Å². The minimum Gasteiger partial charge on any atom is -0.359 e. The van der Waals surface area contributed by atoms with Gasteiger partial charge in [-0.2, -0.15) is 0 Å². The van der Waals surface area contributed by atoms with Crippen LogP contribution < -0.4 is 10.6 Å². The van der Waals surface area contributed by atoms with E-state index in [9.17, 15) is 8.78 Å².